The van der Waals surface area contributed by atoms with E-state index in [0.29, 0.717) is 12.4 Å². The van der Waals surface area contributed by atoms with Gasteiger partial charge < -0.3 is 15.0 Å². The average molecular weight is 449 g/mol. The first-order valence-electron chi connectivity index (χ1n) is 11.2. The maximum absolute atomic E-state index is 12.5. The van der Waals surface area contributed by atoms with Crippen LogP contribution < -0.4 is 20.5 Å². The number of hydrogen-bond donors (Lipinski definition) is 1. The Bertz CT molecular complexity index is 1140. The van der Waals surface area contributed by atoms with Crippen LogP contribution in [0.5, 0.6) is 5.88 Å². The van der Waals surface area contributed by atoms with Crippen molar-refractivity contribution in [2.75, 3.05) is 31.1 Å². The van der Waals surface area contributed by atoms with Gasteiger partial charge in [-0.1, -0.05) is 29.8 Å². The second kappa shape index (κ2) is 10.7. The zero-order valence-corrected chi connectivity index (χ0v) is 18.7. The molecule has 0 radical (unpaired) electrons. The van der Waals surface area contributed by atoms with Crippen LogP contribution >= 0.6 is 0 Å². The number of aromatic nitrogens is 4. The van der Waals surface area contributed by atoms with E-state index in [0.717, 1.165) is 30.0 Å². The van der Waals surface area contributed by atoms with Gasteiger partial charge in [0.1, 0.15) is 24.4 Å². The Morgan fingerprint density at radius 3 is 2.64 bits per heavy atom. The average Bonchev–Trinajstić information content (AvgIpc) is 2.85. The Kier molecular flexibility index (Phi) is 7.29. The van der Waals surface area contributed by atoms with Crippen LogP contribution in [0.1, 0.15) is 40.9 Å². The maximum Gasteiger partial charge on any atom is 0.271 e. The van der Waals surface area contributed by atoms with Gasteiger partial charge in [0.15, 0.2) is 0 Å². The Hall–Kier alpha value is -3.75. The van der Waals surface area contributed by atoms with E-state index in [-0.39, 0.29) is 30.3 Å². The maximum atomic E-state index is 12.5. The first kappa shape index (κ1) is 22.4. The Labute approximate surface area is 192 Å². The molecule has 1 aliphatic rings. The molecule has 3 aromatic rings. The molecule has 0 unspecified atom stereocenters. The fourth-order valence-electron chi connectivity index (χ4n) is 3.67. The van der Waals surface area contributed by atoms with Gasteiger partial charge in [-0.05, 0) is 37.8 Å². The quantitative estimate of drug-likeness (QED) is 0.527. The molecule has 172 valence electrons. The predicted molar refractivity (Wildman–Crippen MR) is 125 cm³/mol. The molecular weight excluding hydrogens is 420 g/mol. The first-order chi connectivity index (χ1) is 16.1. The molecule has 4 rings (SSSR count). The van der Waals surface area contributed by atoms with E-state index < -0.39 is 0 Å². The summed E-state index contributed by atoms with van der Waals surface area (Å²) in [4.78, 5) is 35.4. The topological polar surface area (TPSA) is 102 Å². The molecular formula is C24H28N6O3. The molecule has 1 aliphatic heterocycles. The predicted octanol–water partition coefficient (Wildman–Crippen LogP) is 2.19. The number of anilines is 1. The smallest absolute Gasteiger partial charge is 0.271 e. The van der Waals surface area contributed by atoms with E-state index in [2.05, 4.69) is 25.3 Å². The lowest BCUT2D eigenvalue weighted by molar-refractivity contribution is 0.0939. The Morgan fingerprint density at radius 1 is 1.06 bits per heavy atom. The number of amides is 1. The first-order valence-corrected chi connectivity index (χ1v) is 11.2. The van der Waals surface area contributed by atoms with E-state index in [1.165, 1.54) is 42.4 Å². The highest BCUT2D eigenvalue weighted by molar-refractivity contribution is 5.91. The van der Waals surface area contributed by atoms with Gasteiger partial charge in [0.2, 0.25) is 5.88 Å². The van der Waals surface area contributed by atoms with Crippen LogP contribution in [0.3, 0.4) is 0 Å². The summed E-state index contributed by atoms with van der Waals surface area (Å²) in [5, 5.41) is 6.98. The van der Waals surface area contributed by atoms with Crippen molar-refractivity contribution in [1.29, 1.82) is 0 Å². The van der Waals surface area contributed by atoms with Crippen molar-refractivity contribution in [3.05, 3.63) is 76.0 Å². The minimum absolute atomic E-state index is 0.177. The van der Waals surface area contributed by atoms with Gasteiger partial charge in [-0.15, -0.1) is 0 Å². The van der Waals surface area contributed by atoms with Crippen molar-refractivity contribution in [2.45, 2.75) is 32.7 Å². The number of hydrogen-bond acceptors (Lipinski definition) is 7. The fourth-order valence-corrected chi connectivity index (χ4v) is 3.67. The van der Waals surface area contributed by atoms with Crippen LogP contribution in [-0.4, -0.2) is 51.9 Å². The summed E-state index contributed by atoms with van der Waals surface area (Å²) in [7, 11) is 0. The highest BCUT2D eigenvalue weighted by atomic mass is 16.5. The van der Waals surface area contributed by atoms with E-state index >= 15 is 0 Å². The molecule has 1 amide bonds. The van der Waals surface area contributed by atoms with Crippen molar-refractivity contribution in [1.82, 2.24) is 25.1 Å². The number of carbonyl (C=O) groups is 1. The van der Waals surface area contributed by atoms with Crippen molar-refractivity contribution < 1.29 is 9.53 Å². The third-order valence-corrected chi connectivity index (χ3v) is 5.50. The second-order valence-electron chi connectivity index (χ2n) is 8.07. The summed E-state index contributed by atoms with van der Waals surface area (Å²) in [5.41, 5.74) is 1.99. The molecule has 2 aromatic heterocycles. The fraction of sp³-hybridized carbons (Fsp3) is 0.375. The van der Waals surface area contributed by atoms with Gasteiger partial charge in [0.05, 0.1) is 13.1 Å². The Balaban J connectivity index is 1.29. The highest BCUT2D eigenvalue weighted by Gasteiger charge is 2.13. The molecule has 0 bridgehead atoms. The lowest BCUT2D eigenvalue weighted by atomic mass is 10.1. The van der Waals surface area contributed by atoms with Crippen molar-refractivity contribution in [3.63, 3.8) is 0 Å². The van der Waals surface area contributed by atoms with E-state index in [1.54, 1.807) is 0 Å². The van der Waals surface area contributed by atoms with Gasteiger partial charge in [-0.25, -0.2) is 14.6 Å². The molecule has 33 heavy (non-hydrogen) atoms. The van der Waals surface area contributed by atoms with Gasteiger partial charge in [-0.3, -0.25) is 9.59 Å². The number of nitrogens with zero attached hydrogens (tertiary/aromatic N) is 5. The largest absolute Gasteiger partial charge is 0.476 e. The summed E-state index contributed by atoms with van der Waals surface area (Å²) in [6.07, 6.45) is 5.08. The second-order valence-corrected chi connectivity index (χ2v) is 8.07. The SMILES string of the molecule is Cc1ccc(Cn2nc(C(=O)NCCOc3cc(N4CCCCC4)ncn3)ccc2=O)cc1. The third kappa shape index (κ3) is 6.15. The summed E-state index contributed by atoms with van der Waals surface area (Å²) >= 11 is 0. The van der Waals surface area contributed by atoms with E-state index in [9.17, 15) is 9.59 Å². The van der Waals surface area contributed by atoms with Crippen molar-refractivity contribution in [2.24, 2.45) is 0 Å². The van der Waals surface area contributed by atoms with Crippen molar-refractivity contribution >= 4 is 11.7 Å². The third-order valence-electron chi connectivity index (χ3n) is 5.50. The zero-order chi connectivity index (χ0) is 23.0. The normalized spacial score (nSPS) is 13.5. The number of carbonyl (C=O) groups excluding carboxylic acids is 1. The molecule has 1 aromatic carbocycles. The molecule has 9 heteroatoms. The molecule has 1 N–H and O–H groups in total. The number of ether oxygens (including phenoxy) is 1. The van der Waals surface area contributed by atoms with Crippen molar-refractivity contribution in [3.8, 4) is 5.88 Å². The summed E-state index contributed by atoms with van der Waals surface area (Å²) in [6, 6.07) is 12.5. The molecule has 0 saturated carbocycles. The van der Waals surface area contributed by atoms with Gasteiger partial charge in [0, 0.05) is 25.2 Å². The monoisotopic (exact) mass is 448 g/mol. The summed E-state index contributed by atoms with van der Waals surface area (Å²) in [6.45, 7) is 4.82. The minimum Gasteiger partial charge on any atom is -0.476 e. The van der Waals surface area contributed by atoms with Gasteiger partial charge >= 0.3 is 0 Å². The number of aryl methyl sites for hydroxylation is 1. The van der Waals surface area contributed by atoms with Crippen LogP contribution in [0.2, 0.25) is 0 Å². The highest BCUT2D eigenvalue weighted by Crippen LogP contribution is 2.19. The molecule has 3 heterocycles. The number of benzene rings is 1. The van der Waals surface area contributed by atoms with Crippen LogP contribution in [0, 0.1) is 6.92 Å². The van der Waals surface area contributed by atoms with Gasteiger partial charge in [0.25, 0.3) is 11.5 Å². The molecule has 9 nitrogen and oxygen atoms in total. The van der Waals surface area contributed by atoms with E-state index in [4.69, 9.17) is 4.74 Å². The van der Waals surface area contributed by atoms with E-state index in [1.807, 2.05) is 37.3 Å². The van der Waals surface area contributed by atoms with Crippen LogP contribution in [0.4, 0.5) is 5.82 Å². The summed E-state index contributed by atoms with van der Waals surface area (Å²) < 4.78 is 6.98. The van der Waals surface area contributed by atoms with Crippen LogP contribution in [-0.2, 0) is 6.54 Å². The number of piperidine rings is 1. The zero-order valence-electron chi connectivity index (χ0n) is 18.7. The molecule has 0 spiro atoms. The number of nitrogens with one attached hydrogen (secondary N) is 1. The van der Waals surface area contributed by atoms with Gasteiger partial charge in [-0.2, -0.15) is 5.10 Å². The molecule has 0 aliphatic carbocycles. The molecule has 0 atom stereocenters. The lowest BCUT2D eigenvalue weighted by Gasteiger charge is -2.27. The Morgan fingerprint density at radius 2 is 1.85 bits per heavy atom. The summed E-state index contributed by atoms with van der Waals surface area (Å²) in [5.74, 6) is 0.973. The van der Waals surface area contributed by atoms with Crippen LogP contribution in [0.15, 0.2) is 53.6 Å². The lowest BCUT2D eigenvalue weighted by Crippen LogP contribution is -2.32. The number of rotatable bonds is 8. The molecule has 1 saturated heterocycles. The minimum atomic E-state index is -0.368. The standard InChI is InChI=1S/C24H28N6O3/c1-18-5-7-19(8-6-18)16-30-23(31)10-9-20(28-30)24(32)25-11-14-33-22-15-21(26-17-27-22)29-12-3-2-4-13-29/h5-10,15,17H,2-4,11-14,16H2,1H3,(H,25,32). The van der Waals surface area contributed by atoms with Crippen LogP contribution in [0.25, 0.3) is 0 Å². The molecule has 1 fully saturated rings.